The van der Waals surface area contributed by atoms with Gasteiger partial charge in [0, 0.05) is 5.92 Å². The van der Waals surface area contributed by atoms with Gasteiger partial charge in [-0.25, -0.2) is 0 Å². The summed E-state index contributed by atoms with van der Waals surface area (Å²) < 4.78 is 11.4. The first-order valence-corrected chi connectivity index (χ1v) is 10.7. The lowest BCUT2D eigenvalue weighted by Crippen LogP contribution is -2.60. The normalized spacial score (nSPS) is 25.4. The molecule has 31 heavy (non-hydrogen) atoms. The predicted molar refractivity (Wildman–Crippen MR) is 116 cm³/mol. The maximum Gasteiger partial charge on any atom is 0.235 e. The van der Waals surface area contributed by atoms with Gasteiger partial charge in [0.05, 0.1) is 12.0 Å². The van der Waals surface area contributed by atoms with E-state index in [1.54, 1.807) is 24.3 Å². The number of ether oxygens (including phenoxy) is 2. The minimum Gasteiger partial charge on any atom is -0.491 e. The van der Waals surface area contributed by atoms with Crippen molar-refractivity contribution in [2.24, 2.45) is 16.7 Å². The molecule has 2 aliphatic rings. The van der Waals surface area contributed by atoms with Crippen LogP contribution in [0.15, 0.2) is 54.6 Å². The lowest BCUT2D eigenvalue weighted by molar-refractivity contribution is -0.169. The lowest BCUT2D eigenvalue weighted by Gasteiger charge is -2.48. The lowest BCUT2D eigenvalue weighted by atomic mass is 9.62. The second-order valence-corrected chi connectivity index (χ2v) is 9.25. The number of rotatable bonds is 7. The second kappa shape index (κ2) is 8.00. The van der Waals surface area contributed by atoms with E-state index in [-0.39, 0.29) is 36.3 Å². The Kier molecular flexibility index (Phi) is 5.52. The molecule has 0 spiro atoms. The number of amides is 2. The number of aliphatic hydroxyl groups excluding tert-OH is 1. The van der Waals surface area contributed by atoms with E-state index >= 15 is 0 Å². The molecular weight excluding hydrogens is 394 g/mol. The average Bonchev–Trinajstić information content (AvgIpc) is 2.95. The zero-order chi connectivity index (χ0) is 22.2. The fourth-order valence-electron chi connectivity index (χ4n) is 4.76. The van der Waals surface area contributed by atoms with Crippen LogP contribution in [0.1, 0.15) is 33.6 Å². The number of fused-ring (bicyclic) bond motifs is 2. The van der Waals surface area contributed by atoms with Crippen molar-refractivity contribution >= 4 is 11.8 Å². The van der Waals surface area contributed by atoms with Gasteiger partial charge in [0.2, 0.25) is 11.8 Å². The van der Waals surface area contributed by atoms with E-state index < -0.39 is 11.5 Å². The van der Waals surface area contributed by atoms with Gasteiger partial charge in [0.1, 0.15) is 30.0 Å². The summed E-state index contributed by atoms with van der Waals surface area (Å²) in [5.41, 5.74) is -0.927. The zero-order valence-electron chi connectivity index (χ0n) is 18.2. The van der Waals surface area contributed by atoms with Crippen LogP contribution >= 0.6 is 0 Å². The number of likely N-dealkylation sites (tertiary alicyclic amines) is 1. The van der Waals surface area contributed by atoms with Crippen LogP contribution in [0.25, 0.3) is 0 Å². The van der Waals surface area contributed by atoms with E-state index in [1.165, 1.54) is 4.90 Å². The van der Waals surface area contributed by atoms with E-state index in [9.17, 15) is 14.7 Å². The predicted octanol–water partition coefficient (Wildman–Crippen LogP) is 4.03. The number of β-amino-alcohol motifs (C(OH)–C–C–N with tert-alkyl or cyclic N) is 1. The SMILES string of the molecule is CC1(C)[C@H]2CC[C@]1(C)C(=O)N(C[C@@H](O)COc1ccc(Oc3ccccc3)cc1)C2=O. The molecule has 6 heteroatoms. The van der Waals surface area contributed by atoms with Crippen LogP contribution in [0.4, 0.5) is 0 Å². The number of hydrogen-bond donors (Lipinski definition) is 1. The van der Waals surface area contributed by atoms with Crippen molar-refractivity contribution in [3.63, 3.8) is 0 Å². The number of nitrogens with zero attached hydrogens (tertiary/aromatic N) is 1. The van der Waals surface area contributed by atoms with Gasteiger partial charge in [0.25, 0.3) is 0 Å². The molecule has 1 heterocycles. The van der Waals surface area contributed by atoms with Crippen molar-refractivity contribution in [1.29, 1.82) is 0 Å². The number of imide groups is 1. The van der Waals surface area contributed by atoms with Gasteiger partial charge in [-0.15, -0.1) is 0 Å². The van der Waals surface area contributed by atoms with Gasteiger partial charge in [0.15, 0.2) is 0 Å². The summed E-state index contributed by atoms with van der Waals surface area (Å²) in [5.74, 6) is 1.46. The van der Waals surface area contributed by atoms with E-state index in [1.807, 2.05) is 51.1 Å². The zero-order valence-corrected chi connectivity index (χ0v) is 18.2. The van der Waals surface area contributed by atoms with E-state index in [2.05, 4.69) is 0 Å². The number of para-hydroxylation sites is 1. The van der Waals surface area contributed by atoms with Crippen LogP contribution < -0.4 is 9.47 Å². The number of piperidine rings is 1. The molecule has 2 aromatic rings. The molecule has 1 aliphatic heterocycles. The van der Waals surface area contributed by atoms with Crippen LogP contribution in [-0.4, -0.2) is 41.1 Å². The Morgan fingerprint density at radius 2 is 1.61 bits per heavy atom. The number of carbonyl (C=O) groups excluding carboxylic acids is 2. The summed E-state index contributed by atoms with van der Waals surface area (Å²) >= 11 is 0. The Hall–Kier alpha value is -2.86. The number of benzene rings is 2. The van der Waals surface area contributed by atoms with Crippen LogP contribution in [0.3, 0.4) is 0 Å². The summed E-state index contributed by atoms with van der Waals surface area (Å²) in [7, 11) is 0. The summed E-state index contributed by atoms with van der Waals surface area (Å²) in [4.78, 5) is 27.2. The monoisotopic (exact) mass is 423 g/mol. The molecule has 6 nitrogen and oxygen atoms in total. The largest absolute Gasteiger partial charge is 0.491 e. The highest BCUT2D eigenvalue weighted by Gasteiger charge is 2.64. The Bertz CT molecular complexity index is 956. The minimum absolute atomic E-state index is 0.0132. The van der Waals surface area contributed by atoms with Crippen molar-refractivity contribution in [1.82, 2.24) is 4.90 Å². The fourth-order valence-corrected chi connectivity index (χ4v) is 4.76. The van der Waals surface area contributed by atoms with Gasteiger partial charge in [-0.1, -0.05) is 39.0 Å². The maximum absolute atomic E-state index is 13.1. The molecule has 1 N–H and O–H groups in total. The fraction of sp³-hybridized carbons (Fsp3) is 0.440. The Morgan fingerprint density at radius 1 is 1.00 bits per heavy atom. The third-order valence-electron chi connectivity index (χ3n) is 7.15. The van der Waals surface area contributed by atoms with Gasteiger partial charge in [-0.2, -0.15) is 0 Å². The minimum atomic E-state index is -0.961. The van der Waals surface area contributed by atoms with E-state index in [0.29, 0.717) is 24.3 Å². The third kappa shape index (κ3) is 3.81. The van der Waals surface area contributed by atoms with Gasteiger partial charge in [-0.05, 0) is 54.7 Å². The highest BCUT2D eigenvalue weighted by molar-refractivity contribution is 6.03. The molecule has 1 aliphatic carbocycles. The van der Waals surface area contributed by atoms with Crippen LogP contribution in [-0.2, 0) is 9.59 Å². The topological polar surface area (TPSA) is 76.1 Å². The number of carbonyl (C=O) groups is 2. The maximum atomic E-state index is 13.1. The summed E-state index contributed by atoms with van der Waals surface area (Å²) in [6, 6.07) is 16.6. The smallest absolute Gasteiger partial charge is 0.235 e. The number of hydrogen-bond acceptors (Lipinski definition) is 5. The van der Waals surface area contributed by atoms with Crippen LogP contribution in [0.2, 0.25) is 0 Å². The Balaban J connectivity index is 1.33. The first kappa shape index (κ1) is 21.4. The molecule has 3 atom stereocenters. The Labute approximate surface area is 182 Å². The Morgan fingerprint density at radius 3 is 2.29 bits per heavy atom. The third-order valence-corrected chi connectivity index (χ3v) is 7.15. The summed E-state index contributed by atoms with van der Waals surface area (Å²) in [6.07, 6.45) is 0.460. The molecular formula is C25H29NO5. The quantitative estimate of drug-likeness (QED) is 0.681. The first-order chi connectivity index (χ1) is 14.7. The van der Waals surface area contributed by atoms with Crippen molar-refractivity contribution in [2.45, 2.75) is 39.7 Å². The standard InChI is InChI=1S/C25H29NO5/c1-24(2)21-13-14-25(24,3)23(29)26(22(21)28)15-17(27)16-30-18-9-11-20(12-10-18)31-19-7-5-4-6-8-19/h4-12,17,21,27H,13-16H2,1-3H3/t17-,21+,25-/m1/s1. The molecule has 0 radical (unpaired) electrons. The van der Waals surface area contributed by atoms with Crippen molar-refractivity contribution in [3.05, 3.63) is 54.6 Å². The second-order valence-electron chi connectivity index (χ2n) is 9.25. The molecule has 0 unspecified atom stereocenters. The van der Waals surface area contributed by atoms with E-state index in [4.69, 9.17) is 9.47 Å². The molecule has 2 fully saturated rings. The van der Waals surface area contributed by atoms with Crippen LogP contribution in [0.5, 0.6) is 17.2 Å². The highest BCUT2D eigenvalue weighted by atomic mass is 16.5. The van der Waals surface area contributed by atoms with Crippen molar-refractivity contribution in [3.8, 4) is 17.2 Å². The molecule has 4 rings (SSSR count). The van der Waals surface area contributed by atoms with Gasteiger partial charge >= 0.3 is 0 Å². The van der Waals surface area contributed by atoms with Crippen molar-refractivity contribution < 1.29 is 24.2 Å². The molecule has 2 bridgehead atoms. The molecule has 164 valence electrons. The summed E-state index contributed by atoms with van der Waals surface area (Å²) in [6.45, 7) is 5.89. The van der Waals surface area contributed by atoms with Crippen molar-refractivity contribution in [2.75, 3.05) is 13.2 Å². The van der Waals surface area contributed by atoms with Gasteiger partial charge in [-0.3, -0.25) is 14.5 Å². The molecule has 0 aromatic heterocycles. The number of aliphatic hydroxyl groups is 1. The van der Waals surface area contributed by atoms with E-state index in [0.717, 1.165) is 5.75 Å². The van der Waals surface area contributed by atoms with Crippen LogP contribution in [0, 0.1) is 16.7 Å². The first-order valence-electron chi connectivity index (χ1n) is 10.7. The summed E-state index contributed by atoms with van der Waals surface area (Å²) in [5, 5.41) is 10.5. The highest BCUT2D eigenvalue weighted by Crippen LogP contribution is 2.60. The molecule has 2 aromatic carbocycles. The van der Waals surface area contributed by atoms with Gasteiger partial charge < -0.3 is 14.6 Å². The molecule has 1 saturated carbocycles. The molecule has 2 amide bonds. The average molecular weight is 424 g/mol. The molecule has 1 saturated heterocycles.